The molecule has 2 aromatic carbocycles. The van der Waals surface area contributed by atoms with Crippen LogP contribution in [0.2, 0.25) is 5.02 Å². The number of anilines is 2. The molecule has 0 bridgehead atoms. The highest BCUT2D eigenvalue weighted by Gasteiger charge is 2.12. The minimum Gasteiger partial charge on any atom is -0.398 e. The molecule has 0 fully saturated rings. The summed E-state index contributed by atoms with van der Waals surface area (Å²) in [5.41, 5.74) is 6.64. The number of nitrogen functional groups attached to an aromatic ring is 1. The van der Waals surface area contributed by atoms with E-state index in [9.17, 15) is 13.2 Å². The highest BCUT2D eigenvalue weighted by atomic mass is 35.5. The highest BCUT2D eigenvalue weighted by molar-refractivity contribution is 7.89. The Morgan fingerprint density at radius 1 is 1.10 bits per heavy atom. The molecule has 0 saturated heterocycles. The lowest BCUT2D eigenvalue weighted by Gasteiger charge is -2.08. The van der Waals surface area contributed by atoms with Gasteiger partial charge in [0.25, 0.3) is 5.91 Å². The molecule has 5 N–H and O–H groups in total. The van der Waals surface area contributed by atoms with Crippen LogP contribution in [0.4, 0.5) is 11.4 Å². The van der Waals surface area contributed by atoms with Crippen molar-refractivity contribution < 1.29 is 13.2 Å². The Kier molecular flexibility index (Phi) is 4.17. The second-order valence-electron chi connectivity index (χ2n) is 4.26. The number of hydrogen-bond donors (Lipinski definition) is 3. The molecule has 0 aliphatic rings. The Hall–Kier alpha value is -2.09. The Bertz CT molecular complexity index is 789. The third-order valence-corrected chi connectivity index (χ3v) is 3.87. The van der Waals surface area contributed by atoms with Crippen LogP contribution in [0.1, 0.15) is 10.4 Å². The number of nitrogens with two attached hydrogens (primary N) is 2. The van der Waals surface area contributed by atoms with Crippen LogP contribution in [0.15, 0.2) is 47.4 Å². The van der Waals surface area contributed by atoms with Crippen molar-refractivity contribution in [2.24, 2.45) is 5.14 Å². The number of carbonyl (C=O) groups is 1. The van der Waals surface area contributed by atoms with Gasteiger partial charge in [0.15, 0.2) is 0 Å². The van der Waals surface area contributed by atoms with Gasteiger partial charge >= 0.3 is 0 Å². The first-order chi connectivity index (χ1) is 9.77. The molecule has 21 heavy (non-hydrogen) atoms. The van der Waals surface area contributed by atoms with Crippen molar-refractivity contribution in [3.05, 3.63) is 53.1 Å². The van der Waals surface area contributed by atoms with Crippen molar-refractivity contribution in [2.45, 2.75) is 4.90 Å². The number of nitrogens with one attached hydrogen (secondary N) is 1. The van der Waals surface area contributed by atoms with Crippen molar-refractivity contribution in [2.75, 3.05) is 11.1 Å². The number of benzene rings is 2. The van der Waals surface area contributed by atoms with Crippen LogP contribution in [0.5, 0.6) is 0 Å². The van der Waals surface area contributed by atoms with E-state index in [1.807, 2.05) is 0 Å². The summed E-state index contributed by atoms with van der Waals surface area (Å²) in [5.74, 6) is -0.446. The molecule has 1 amide bonds. The molecule has 8 heteroatoms. The molecule has 0 spiro atoms. The first-order valence-electron chi connectivity index (χ1n) is 5.76. The number of hydrogen-bond acceptors (Lipinski definition) is 4. The maximum Gasteiger partial charge on any atom is 0.257 e. The summed E-state index contributed by atoms with van der Waals surface area (Å²) in [5, 5.41) is 7.97. The van der Waals surface area contributed by atoms with E-state index >= 15 is 0 Å². The van der Waals surface area contributed by atoms with Crippen molar-refractivity contribution in [3.8, 4) is 0 Å². The Morgan fingerprint density at radius 2 is 1.71 bits per heavy atom. The first-order valence-corrected chi connectivity index (χ1v) is 7.69. The van der Waals surface area contributed by atoms with Crippen molar-refractivity contribution in [1.29, 1.82) is 0 Å². The maximum absolute atomic E-state index is 12.1. The van der Waals surface area contributed by atoms with Crippen LogP contribution < -0.4 is 16.2 Å². The normalized spacial score (nSPS) is 11.1. The van der Waals surface area contributed by atoms with Crippen LogP contribution in [0.3, 0.4) is 0 Å². The summed E-state index contributed by atoms with van der Waals surface area (Å²) < 4.78 is 22.3. The number of rotatable bonds is 3. The van der Waals surface area contributed by atoms with E-state index < -0.39 is 15.9 Å². The lowest BCUT2D eigenvalue weighted by molar-refractivity contribution is 0.102. The molecule has 0 atom stereocenters. The minimum absolute atomic E-state index is 0.0391. The van der Waals surface area contributed by atoms with Gasteiger partial charge in [-0.05, 0) is 42.5 Å². The summed E-state index contributed by atoms with van der Waals surface area (Å²) in [6.45, 7) is 0. The minimum atomic E-state index is -3.76. The number of halogens is 1. The van der Waals surface area contributed by atoms with Crippen LogP contribution in [0, 0.1) is 0 Å². The zero-order valence-electron chi connectivity index (χ0n) is 10.7. The molecule has 2 rings (SSSR count). The fraction of sp³-hybridized carbons (Fsp3) is 0. The average molecular weight is 326 g/mol. The van der Waals surface area contributed by atoms with E-state index in [2.05, 4.69) is 5.32 Å². The van der Waals surface area contributed by atoms with Gasteiger partial charge in [0.1, 0.15) is 0 Å². The van der Waals surface area contributed by atoms with Gasteiger partial charge in [-0.15, -0.1) is 0 Å². The molecule has 0 unspecified atom stereocenters. The fourth-order valence-corrected chi connectivity index (χ4v) is 2.34. The van der Waals surface area contributed by atoms with Gasteiger partial charge in [-0.2, -0.15) is 0 Å². The molecule has 0 saturated carbocycles. The average Bonchev–Trinajstić information content (AvgIpc) is 2.41. The van der Waals surface area contributed by atoms with E-state index in [-0.39, 0.29) is 16.1 Å². The summed E-state index contributed by atoms with van der Waals surface area (Å²) >= 11 is 5.82. The number of amides is 1. The van der Waals surface area contributed by atoms with E-state index in [0.29, 0.717) is 10.7 Å². The molecule has 0 aliphatic heterocycles. The number of sulfonamides is 1. The first kappa shape index (κ1) is 15.3. The number of primary sulfonamides is 1. The topological polar surface area (TPSA) is 115 Å². The van der Waals surface area contributed by atoms with Gasteiger partial charge in [-0.1, -0.05) is 11.6 Å². The number of carbonyl (C=O) groups excluding carboxylic acids is 1. The highest BCUT2D eigenvalue weighted by Crippen LogP contribution is 2.20. The fourth-order valence-electron chi connectivity index (χ4n) is 1.65. The maximum atomic E-state index is 12.1. The van der Waals surface area contributed by atoms with Crippen molar-refractivity contribution in [1.82, 2.24) is 0 Å². The van der Waals surface area contributed by atoms with Crippen LogP contribution in [-0.2, 0) is 10.0 Å². The predicted octanol–water partition coefficient (Wildman–Crippen LogP) is 1.82. The summed E-state index contributed by atoms with van der Waals surface area (Å²) in [6.07, 6.45) is 0. The second-order valence-corrected chi connectivity index (χ2v) is 6.25. The molecule has 110 valence electrons. The summed E-state index contributed by atoms with van der Waals surface area (Å²) in [4.78, 5) is 12.0. The molecule has 0 aliphatic carbocycles. The third-order valence-electron chi connectivity index (χ3n) is 2.70. The standard InChI is InChI=1S/C13H12ClN3O3S/c14-8-1-6-12(15)11(7-8)13(18)17-9-2-4-10(5-3-9)21(16,19)20/h1-7H,15H2,(H,17,18)(H2,16,19,20). The summed E-state index contributed by atoms with van der Waals surface area (Å²) in [6, 6.07) is 10.0. The van der Waals surface area contributed by atoms with E-state index in [4.69, 9.17) is 22.5 Å². The molecule has 0 radical (unpaired) electrons. The Labute approximate surface area is 126 Å². The van der Waals surface area contributed by atoms with Gasteiger partial charge in [0, 0.05) is 16.4 Å². The third kappa shape index (κ3) is 3.72. The molecule has 0 heterocycles. The van der Waals surface area contributed by atoms with Crippen LogP contribution >= 0.6 is 11.6 Å². The molecule has 6 nitrogen and oxygen atoms in total. The van der Waals surface area contributed by atoms with Crippen molar-refractivity contribution in [3.63, 3.8) is 0 Å². The zero-order valence-corrected chi connectivity index (χ0v) is 12.3. The largest absolute Gasteiger partial charge is 0.398 e. The van der Waals surface area contributed by atoms with Crippen molar-refractivity contribution >= 4 is 38.9 Å². The zero-order chi connectivity index (χ0) is 15.6. The Balaban J connectivity index is 2.22. The summed E-state index contributed by atoms with van der Waals surface area (Å²) in [7, 11) is -3.76. The Morgan fingerprint density at radius 3 is 2.29 bits per heavy atom. The lowest BCUT2D eigenvalue weighted by atomic mass is 10.1. The monoisotopic (exact) mass is 325 g/mol. The van der Waals surface area contributed by atoms with Gasteiger partial charge < -0.3 is 11.1 Å². The second kappa shape index (κ2) is 5.72. The lowest BCUT2D eigenvalue weighted by Crippen LogP contribution is -2.15. The molecular weight excluding hydrogens is 314 g/mol. The van der Waals surface area contributed by atoms with Gasteiger partial charge in [-0.25, -0.2) is 13.6 Å². The quantitative estimate of drug-likeness (QED) is 0.746. The SMILES string of the molecule is Nc1ccc(Cl)cc1C(=O)Nc1ccc(S(N)(=O)=O)cc1. The molecule has 0 aromatic heterocycles. The van der Waals surface area contributed by atoms with Gasteiger partial charge in [-0.3, -0.25) is 4.79 Å². The smallest absolute Gasteiger partial charge is 0.257 e. The van der Waals surface area contributed by atoms with E-state index in [0.717, 1.165) is 0 Å². The molecule has 2 aromatic rings. The van der Waals surface area contributed by atoms with Gasteiger partial charge in [0.05, 0.1) is 10.5 Å². The van der Waals surface area contributed by atoms with E-state index in [1.165, 1.54) is 36.4 Å². The van der Waals surface area contributed by atoms with Crippen LogP contribution in [-0.4, -0.2) is 14.3 Å². The molecular formula is C13H12ClN3O3S. The van der Waals surface area contributed by atoms with E-state index in [1.54, 1.807) is 6.07 Å². The predicted molar refractivity (Wildman–Crippen MR) is 81.6 cm³/mol. The van der Waals surface area contributed by atoms with Gasteiger partial charge in [0.2, 0.25) is 10.0 Å². The van der Waals surface area contributed by atoms with Crippen LogP contribution in [0.25, 0.3) is 0 Å².